The topological polar surface area (TPSA) is 77.9 Å². The number of carbonyl (C=O) groups is 1. The van der Waals surface area contributed by atoms with E-state index in [0.29, 0.717) is 18.1 Å². The average Bonchev–Trinajstić information content (AvgIpc) is 2.83. The van der Waals surface area contributed by atoms with E-state index in [1.54, 1.807) is 13.0 Å². The first-order valence-corrected chi connectivity index (χ1v) is 10.7. The summed E-state index contributed by atoms with van der Waals surface area (Å²) in [4.78, 5) is 16.8. The van der Waals surface area contributed by atoms with Gasteiger partial charge in [-0.3, -0.25) is 0 Å². The van der Waals surface area contributed by atoms with Crippen LogP contribution >= 0.6 is 0 Å². The quantitative estimate of drug-likeness (QED) is 0.358. The van der Waals surface area contributed by atoms with Crippen molar-refractivity contribution in [2.24, 2.45) is 0 Å². The number of rotatable bonds is 8. The summed E-state index contributed by atoms with van der Waals surface area (Å²) in [6.45, 7) is 4.50. The van der Waals surface area contributed by atoms with Crippen LogP contribution in [-0.2, 0) is 18.0 Å². The molecule has 6 nitrogen and oxygen atoms in total. The summed E-state index contributed by atoms with van der Waals surface area (Å²) in [6.07, 6.45) is 0. The molecule has 1 N–H and O–H groups in total. The van der Waals surface area contributed by atoms with Gasteiger partial charge in [0.1, 0.15) is 30.5 Å². The summed E-state index contributed by atoms with van der Waals surface area (Å²) in [5, 5.41) is 10.9. The van der Waals surface area contributed by atoms with E-state index >= 15 is 0 Å². The minimum Gasteiger partial charge on any atom is -0.508 e. The molecule has 0 saturated carbocycles. The van der Waals surface area contributed by atoms with Crippen LogP contribution in [0.4, 0.5) is 0 Å². The zero-order valence-electron chi connectivity index (χ0n) is 18.6. The Morgan fingerprint density at radius 3 is 2.48 bits per heavy atom. The highest BCUT2D eigenvalue weighted by atomic mass is 16.5. The fourth-order valence-corrected chi connectivity index (χ4v) is 3.53. The number of fused-ring (bicyclic) bond motifs is 1. The number of phenols is 1. The molecule has 0 atom stereocenters. The van der Waals surface area contributed by atoms with E-state index in [1.807, 2.05) is 61.5 Å². The zero-order chi connectivity index (χ0) is 23.2. The van der Waals surface area contributed by atoms with Crippen molar-refractivity contribution in [1.29, 1.82) is 0 Å². The first kappa shape index (κ1) is 22.1. The van der Waals surface area contributed by atoms with Crippen LogP contribution in [0.15, 0.2) is 72.8 Å². The molecule has 4 aromatic rings. The van der Waals surface area contributed by atoms with Gasteiger partial charge in [-0.05, 0) is 43.7 Å². The van der Waals surface area contributed by atoms with Gasteiger partial charge in [-0.2, -0.15) is 0 Å². The summed E-state index contributed by atoms with van der Waals surface area (Å²) in [6, 6.07) is 22.1. The van der Waals surface area contributed by atoms with Gasteiger partial charge in [0, 0.05) is 17.0 Å². The van der Waals surface area contributed by atoms with E-state index in [0.717, 1.165) is 27.8 Å². The Bertz CT molecular complexity index is 1270. The summed E-state index contributed by atoms with van der Waals surface area (Å²) in [5.41, 5.74) is 3.67. The van der Waals surface area contributed by atoms with Crippen molar-refractivity contribution in [1.82, 2.24) is 4.98 Å². The molecule has 3 aromatic carbocycles. The fourth-order valence-electron chi connectivity index (χ4n) is 3.53. The van der Waals surface area contributed by atoms with Gasteiger partial charge in [0.05, 0.1) is 23.4 Å². The number of esters is 1. The van der Waals surface area contributed by atoms with Crippen molar-refractivity contribution in [3.05, 3.63) is 95.2 Å². The molecule has 0 aliphatic carbocycles. The average molecular weight is 443 g/mol. The Morgan fingerprint density at radius 1 is 0.939 bits per heavy atom. The van der Waals surface area contributed by atoms with Crippen molar-refractivity contribution < 1.29 is 24.1 Å². The molecule has 0 fully saturated rings. The maximum absolute atomic E-state index is 12.0. The van der Waals surface area contributed by atoms with Crippen LogP contribution < -0.4 is 9.47 Å². The number of phenolic OH excluding ortho intramolecular Hbond substituents is 1. The standard InChI is InChI=1S/C27H25NO5/c1-3-31-27(30)20-13-21(29)15-22(14-20)32-17-25-18(2)26(23-11-7-8-12-24(23)28-25)33-16-19-9-5-4-6-10-19/h4-15,29H,3,16-17H2,1-2H3. The van der Waals surface area contributed by atoms with Gasteiger partial charge >= 0.3 is 5.97 Å². The molecule has 1 heterocycles. The molecular formula is C27H25NO5. The van der Waals surface area contributed by atoms with Crippen LogP contribution in [0.2, 0.25) is 0 Å². The number of hydrogen-bond donors (Lipinski definition) is 1. The molecule has 6 heteroatoms. The second-order valence-electron chi connectivity index (χ2n) is 7.53. The third-order valence-electron chi connectivity index (χ3n) is 5.18. The van der Waals surface area contributed by atoms with E-state index < -0.39 is 5.97 Å². The predicted octanol–water partition coefficient (Wildman–Crippen LogP) is 5.58. The number of para-hydroxylation sites is 1. The van der Waals surface area contributed by atoms with Gasteiger partial charge in [-0.25, -0.2) is 9.78 Å². The Labute approximate surface area is 192 Å². The highest BCUT2D eigenvalue weighted by Crippen LogP contribution is 2.32. The number of hydrogen-bond acceptors (Lipinski definition) is 6. The molecule has 1 aromatic heterocycles. The molecule has 168 valence electrons. The molecule has 0 bridgehead atoms. The summed E-state index contributed by atoms with van der Waals surface area (Å²) >= 11 is 0. The third-order valence-corrected chi connectivity index (χ3v) is 5.18. The van der Waals surface area contributed by atoms with Crippen LogP contribution in [0, 0.1) is 6.92 Å². The number of aromatic hydroxyl groups is 1. The molecule has 0 radical (unpaired) electrons. The molecule has 0 aliphatic heterocycles. The van der Waals surface area contributed by atoms with E-state index in [4.69, 9.17) is 19.2 Å². The number of aromatic nitrogens is 1. The highest BCUT2D eigenvalue weighted by molar-refractivity contribution is 5.90. The minimum absolute atomic E-state index is 0.0781. The normalized spacial score (nSPS) is 10.7. The summed E-state index contributed by atoms with van der Waals surface area (Å²) in [5.74, 6) is 0.505. The maximum Gasteiger partial charge on any atom is 0.338 e. The van der Waals surface area contributed by atoms with Gasteiger partial charge in [0.2, 0.25) is 0 Å². The van der Waals surface area contributed by atoms with E-state index in [9.17, 15) is 9.90 Å². The molecule has 0 amide bonds. The van der Waals surface area contributed by atoms with E-state index in [-0.39, 0.29) is 24.5 Å². The predicted molar refractivity (Wildman–Crippen MR) is 126 cm³/mol. The largest absolute Gasteiger partial charge is 0.508 e. The number of carbonyl (C=O) groups excluding carboxylic acids is 1. The van der Waals surface area contributed by atoms with Gasteiger partial charge < -0.3 is 19.3 Å². The van der Waals surface area contributed by atoms with Crippen LogP contribution in [-0.4, -0.2) is 22.7 Å². The lowest BCUT2D eigenvalue weighted by Crippen LogP contribution is -2.07. The monoisotopic (exact) mass is 443 g/mol. The van der Waals surface area contributed by atoms with Crippen LogP contribution in [0.25, 0.3) is 10.9 Å². The first-order valence-electron chi connectivity index (χ1n) is 10.7. The second-order valence-corrected chi connectivity index (χ2v) is 7.53. The van der Waals surface area contributed by atoms with Crippen LogP contribution in [0.3, 0.4) is 0 Å². The lowest BCUT2D eigenvalue weighted by atomic mass is 10.1. The van der Waals surface area contributed by atoms with Crippen LogP contribution in [0.5, 0.6) is 17.2 Å². The maximum atomic E-state index is 12.0. The molecule has 0 saturated heterocycles. The number of benzene rings is 3. The third kappa shape index (κ3) is 5.23. The molecule has 0 aliphatic rings. The lowest BCUT2D eigenvalue weighted by molar-refractivity contribution is 0.0525. The Morgan fingerprint density at radius 2 is 1.70 bits per heavy atom. The Hall–Kier alpha value is -4.06. The van der Waals surface area contributed by atoms with Crippen molar-refractivity contribution in [2.75, 3.05) is 6.61 Å². The van der Waals surface area contributed by atoms with Gasteiger partial charge in [0.15, 0.2) is 0 Å². The Balaban J connectivity index is 1.61. The molecule has 4 rings (SSSR count). The summed E-state index contributed by atoms with van der Waals surface area (Å²) in [7, 11) is 0. The van der Waals surface area contributed by atoms with Crippen molar-refractivity contribution in [3.8, 4) is 17.2 Å². The molecule has 0 spiro atoms. The smallest absolute Gasteiger partial charge is 0.338 e. The minimum atomic E-state index is -0.519. The number of nitrogens with zero attached hydrogens (tertiary/aromatic N) is 1. The van der Waals surface area contributed by atoms with Gasteiger partial charge in [-0.15, -0.1) is 0 Å². The van der Waals surface area contributed by atoms with Crippen molar-refractivity contribution >= 4 is 16.9 Å². The number of ether oxygens (including phenoxy) is 3. The van der Waals surface area contributed by atoms with E-state index in [2.05, 4.69) is 0 Å². The molecular weight excluding hydrogens is 418 g/mol. The van der Waals surface area contributed by atoms with Crippen molar-refractivity contribution in [3.63, 3.8) is 0 Å². The lowest BCUT2D eigenvalue weighted by Gasteiger charge is -2.16. The van der Waals surface area contributed by atoms with E-state index in [1.165, 1.54) is 12.1 Å². The number of pyridine rings is 1. The Kier molecular flexibility index (Phi) is 6.74. The second kappa shape index (κ2) is 10.0. The van der Waals surface area contributed by atoms with Crippen LogP contribution in [0.1, 0.15) is 34.1 Å². The highest BCUT2D eigenvalue weighted by Gasteiger charge is 2.15. The van der Waals surface area contributed by atoms with Gasteiger partial charge in [0.25, 0.3) is 0 Å². The van der Waals surface area contributed by atoms with Crippen molar-refractivity contribution in [2.45, 2.75) is 27.1 Å². The van der Waals surface area contributed by atoms with Gasteiger partial charge in [-0.1, -0.05) is 42.5 Å². The zero-order valence-corrected chi connectivity index (χ0v) is 18.6. The molecule has 0 unspecified atom stereocenters. The first-order chi connectivity index (χ1) is 16.0. The fraction of sp³-hybridized carbons (Fsp3) is 0.185. The SMILES string of the molecule is CCOC(=O)c1cc(O)cc(OCc2nc3ccccc3c(OCc3ccccc3)c2C)c1. The molecule has 33 heavy (non-hydrogen) atoms. The summed E-state index contributed by atoms with van der Waals surface area (Å²) < 4.78 is 17.1.